The molecule has 0 spiro atoms. The zero-order valence-corrected chi connectivity index (χ0v) is 17.2. The molecule has 3 heterocycles. The highest BCUT2D eigenvalue weighted by Crippen LogP contribution is 2.38. The molecule has 4 rings (SSSR count). The number of hydrogen-bond acceptors (Lipinski definition) is 8. The molecule has 0 saturated carbocycles. The summed E-state index contributed by atoms with van der Waals surface area (Å²) in [6.07, 6.45) is 0. The molecule has 1 aromatic carbocycles. The molecule has 28 heavy (non-hydrogen) atoms. The molecule has 4 aromatic rings. The summed E-state index contributed by atoms with van der Waals surface area (Å²) in [5.74, 6) is 2.87. The van der Waals surface area contributed by atoms with Gasteiger partial charge in [0.2, 0.25) is 5.89 Å². The van der Waals surface area contributed by atoms with Crippen molar-refractivity contribution in [2.45, 2.75) is 20.0 Å². The molecule has 0 N–H and O–H groups in total. The molecule has 3 aromatic heterocycles. The van der Waals surface area contributed by atoms with Crippen molar-refractivity contribution in [3.05, 3.63) is 53.3 Å². The largest absolute Gasteiger partial charge is 0.351 e. The third-order valence-electron chi connectivity index (χ3n) is 4.31. The van der Waals surface area contributed by atoms with E-state index in [1.807, 2.05) is 39.3 Å². The van der Waals surface area contributed by atoms with Crippen LogP contribution in [0.25, 0.3) is 21.3 Å². The highest BCUT2D eigenvalue weighted by molar-refractivity contribution is 7.17. The number of fused-ring (bicyclic) bond motifs is 1. The van der Waals surface area contributed by atoms with Crippen LogP contribution in [-0.2, 0) is 13.1 Å². The van der Waals surface area contributed by atoms with Crippen LogP contribution in [0.4, 0.5) is 5.82 Å². The number of thiophene rings is 1. The van der Waals surface area contributed by atoms with Gasteiger partial charge in [-0.05, 0) is 19.7 Å². The van der Waals surface area contributed by atoms with Gasteiger partial charge in [0.05, 0.1) is 18.5 Å². The van der Waals surface area contributed by atoms with Crippen LogP contribution in [-0.4, -0.2) is 46.2 Å². The molecule has 0 aliphatic carbocycles. The second-order valence-electron chi connectivity index (χ2n) is 6.98. The summed E-state index contributed by atoms with van der Waals surface area (Å²) in [5.41, 5.74) is 2.30. The van der Waals surface area contributed by atoms with E-state index in [4.69, 9.17) is 14.5 Å². The number of benzene rings is 1. The summed E-state index contributed by atoms with van der Waals surface area (Å²) >= 11 is 1.65. The van der Waals surface area contributed by atoms with Crippen LogP contribution in [0.15, 0.2) is 40.2 Å². The molecular weight excluding hydrogens is 372 g/mol. The van der Waals surface area contributed by atoms with Crippen molar-refractivity contribution < 1.29 is 4.52 Å². The molecule has 0 radical (unpaired) electrons. The first-order valence-corrected chi connectivity index (χ1v) is 9.88. The summed E-state index contributed by atoms with van der Waals surface area (Å²) in [5, 5.41) is 7.24. The van der Waals surface area contributed by atoms with Crippen LogP contribution in [0.5, 0.6) is 0 Å². The van der Waals surface area contributed by atoms with Gasteiger partial charge in [-0.15, -0.1) is 11.3 Å². The minimum absolute atomic E-state index is 0.509. The van der Waals surface area contributed by atoms with Gasteiger partial charge in [0.15, 0.2) is 5.82 Å². The maximum Gasteiger partial charge on any atom is 0.223 e. The monoisotopic (exact) mass is 394 g/mol. The van der Waals surface area contributed by atoms with E-state index in [0.29, 0.717) is 24.8 Å². The van der Waals surface area contributed by atoms with Crippen molar-refractivity contribution in [3.63, 3.8) is 0 Å². The molecule has 0 unspecified atom stereocenters. The third kappa shape index (κ3) is 3.74. The van der Waals surface area contributed by atoms with Gasteiger partial charge in [-0.3, -0.25) is 0 Å². The van der Waals surface area contributed by atoms with Crippen LogP contribution >= 0.6 is 11.3 Å². The second kappa shape index (κ2) is 7.65. The van der Waals surface area contributed by atoms with E-state index in [1.165, 1.54) is 0 Å². The maximum atomic E-state index is 5.12. The summed E-state index contributed by atoms with van der Waals surface area (Å²) in [6, 6.07) is 10.3. The van der Waals surface area contributed by atoms with Crippen molar-refractivity contribution in [2.24, 2.45) is 0 Å². The fourth-order valence-electron chi connectivity index (χ4n) is 3.12. The van der Waals surface area contributed by atoms with Crippen molar-refractivity contribution >= 4 is 27.4 Å². The number of rotatable bonds is 6. The lowest BCUT2D eigenvalue weighted by molar-refractivity contribution is 0.387. The fraction of sp³-hybridized carbons (Fsp3) is 0.300. The van der Waals surface area contributed by atoms with Gasteiger partial charge in [-0.25, -0.2) is 9.97 Å². The van der Waals surface area contributed by atoms with Gasteiger partial charge in [-0.2, -0.15) is 4.98 Å². The Morgan fingerprint density at radius 2 is 1.75 bits per heavy atom. The van der Waals surface area contributed by atoms with Crippen LogP contribution in [0, 0.1) is 6.92 Å². The lowest BCUT2D eigenvalue weighted by atomic mass is 10.1. The van der Waals surface area contributed by atoms with E-state index < -0.39 is 0 Å². The van der Waals surface area contributed by atoms with Gasteiger partial charge in [0, 0.05) is 24.9 Å². The number of anilines is 1. The Labute approximate surface area is 167 Å². The van der Waals surface area contributed by atoms with E-state index in [9.17, 15) is 0 Å². The zero-order valence-electron chi connectivity index (χ0n) is 16.4. The smallest absolute Gasteiger partial charge is 0.223 e. The molecular formula is C20H22N6OS. The molecule has 0 bridgehead atoms. The average Bonchev–Trinajstić information content (AvgIpc) is 3.27. The first-order chi connectivity index (χ1) is 13.5. The minimum Gasteiger partial charge on any atom is -0.351 e. The standard InChI is InChI=1S/C20H22N6OS/c1-13-21-17(24-27-13)11-26(4)19-18-15(14-8-6-5-7-9-14)12-28-20(18)23-16(22-19)10-25(2)3/h5-9,12H,10-11H2,1-4H3. The highest BCUT2D eigenvalue weighted by Gasteiger charge is 2.19. The predicted molar refractivity (Wildman–Crippen MR) is 111 cm³/mol. The number of nitrogens with zero attached hydrogens (tertiary/aromatic N) is 6. The van der Waals surface area contributed by atoms with Crippen LogP contribution in [0.1, 0.15) is 17.5 Å². The Bertz CT molecular complexity index is 1090. The second-order valence-corrected chi connectivity index (χ2v) is 7.84. The summed E-state index contributed by atoms with van der Waals surface area (Å²) in [6.45, 7) is 2.98. The zero-order chi connectivity index (χ0) is 19.7. The normalized spacial score (nSPS) is 11.5. The van der Waals surface area contributed by atoms with E-state index in [0.717, 1.165) is 33.0 Å². The van der Waals surface area contributed by atoms with Crippen molar-refractivity contribution in [3.8, 4) is 11.1 Å². The van der Waals surface area contributed by atoms with Crippen LogP contribution < -0.4 is 4.90 Å². The molecule has 0 fully saturated rings. The number of aryl methyl sites for hydroxylation is 1. The van der Waals surface area contributed by atoms with Crippen molar-refractivity contribution in [1.82, 2.24) is 25.0 Å². The Balaban J connectivity index is 1.83. The average molecular weight is 395 g/mol. The summed E-state index contributed by atoms with van der Waals surface area (Å²) in [7, 11) is 6.03. The Hall–Kier alpha value is -2.84. The van der Waals surface area contributed by atoms with Gasteiger partial charge < -0.3 is 14.3 Å². The van der Waals surface area contributed by atoms with E-state index >= 15 is 0 Å². The minimum atomic E-state index is 0.509. The number of hydrogen-bond donors (Lipinski definition) is 0. The van der Waals surface area contributed by atoms with Crippen LogP contribution in [0.2, 0.25) is 0 Å². The van der Waals surface area contributed by atoms with Gasteiger partial charge >= 0.3 is 0 Å². The quantitative estimate of drug-likeness (QED) is 0.493. The molecule has 0 atom stereocenters. The summed E-state index contributed by atoms with van der Waals surface area (Å²) in [4.78, 5) is 19.1. The van der Waals surface area contributed by atoms with Crippen LogP contribution in [0.3, 0.4) is 0 Å². The summed E-state index contributed by atoms with van der Waals surface area (Å²) < 4.78 is 5.12. The molecule has 0 saturated heterocycles. The highest BCUT2D eigenvalue weighted by atomic mass is 32.1. The van der Waals surface area contributed by atoms with Gasteiger partial charge in [-0.1, -0.05) is 35.5 Å². The fourth-order valence-corrected chi connectivity index (χ4v) is 4.08. The third-order valence-corrected chi connectivity index (χ3v) is 5.19. The Morgan fingerprint density at radius 1 is 0.964 bits per heavy atom. The molecule has 0 aliphatic rings. The molecule has 7 nitrogen and oxygen atoms in total. The van der Waals surface area contributed by atoms with Gasteiger partial charge in [0.1, 0.15) is 16.5 Å². The molecule has 0 aliphatic heterocycles. The van der Waals surface area contributed by atoms with Gasteiger partial charge in [0.25, 0.3) is 0 Å². The van der Waals surface area contributed by atoms with E-state index in [1.54, 1.807) is 18.3 Å². The van der Waals surface area contributed by atoms with Crippen molar-refractivity contribution in [2.75, 3.05) is 26.0 Å². The SMILES string of the molecule is Cc1nc(CN(C)c2nc(CN(C)C)nc3scc(-c4ccccc4)c23)no1. The lowest BCUT2D eigenvalue weighted by Crippen LogP contribution is -2.21. The molecule has 0 amide bonds. The first kappa shape index (κ1) is 18.5. The number of aromatic nitrogens is 4. The Kier molecular flexibility index (Phi) is 5.06. The van der Waals surface area contributed by atoms with E-state index in [2.05, 4.69) is 37.5 Å². The maximum absolute atomic E-state index is 5.12. The lowest BCUT2D eigenvalue weighted by Gasteiger charge is -2.19. The van der Waals surface area contributed by atoms with E-state index in [-0.39, 0.29) is 0 Å². The molecule has 8 heteroatoms. The predicted octanol–water partition coefficient (Wildman–Crippen LogP) is 3.75. The molecule has 144 valence electrons. The van der Waals surface area contributed by atoms with Crippen molar-refractivity contribution in [1.29, 1.82) is 0 Å². The topological polar surface area (TPSA) is 71.2 Å². The Morgan fingerprint density at radius 3 is 2.43 bits per heavy atom. The first-order valence-electron chi connectivity index (χ1n) is 9.00.